The Morgan fingerprint density at radius 3 is 2.57 bits per heavy atom. The molecule has 1 aromatic heterocycles. The molecule has 2 aromatic carbocycles. The summed E-state index contributed by atoms with van der Waals surface area (Å²) >= 11 is 1.41. The maximum absolute atomic E-state index is 12.1. The second kappa shape index (κ2) is 6.33. The highest BCUT2D eigenvalue weighted by molar-refractivity contribution is 7.07. The van der Waals surface area contributed by atoms with E-state index < -0.39 is 0 Å². The number of benzene rings is 2. The second-order valence-electron chi connectivity index (χ2n) is 4.65. The lowest BCUT2D eigenvalue weighted by Crippen LogP contribution is -2.13. The molecule has 0 spiro atoms. The molecule has 0 aliphatic heterocycles. The predicted octanol–water partition coefficient (Wildman–Crippen LogP) is 3.99. The molecule has 4 heteroatoms. The normalized spacial score (nSPS) is 10.3. The molecule has 1 N–H and O–H groups in total. The Bertz CT molecular complexity index is 724. The topological polar surface area (TPSA) is 42.0 Å². The number of amides is 1. The Kier molecular flexibility index (Phi) is 4.07. The molecule has 0 bridgehead atoms. The summed E-state index contributed by atoms with van der Waals surface area (Å²) in [6, 6.07) is 18.1. The van der Waals surface area contributed by atoms with Crippen molar-refractivity contribution in [1.82, 2.24) is 4.98 Å². The van der Waals surface area contributed by atoms with Gasteiger partial charge in [-0.3, -0.25) is 4.79 Å². The molecule has 3 nitrogen and oxygen atoms in total. The average molecular weight is 294 g/mol. The van der Waals surface area contributed by atoms with Crippen LogP contribution in [-0.4, -0.2) is 10.9 Å². The molecule has 21 heavy (non-hydrogen) atoms. The predicted molar refractivity (Wildman–Crippen MR) is 85.8 cm³/mol. The van der Waals surface area contributed by atoms with Crippen molar-refractivity contribution < 1.29 is 4.79 Å². The maximum Gasteiger partial charge on any atom is 0.275 e. The summed E-state index contributed by atoms with van der Waals surface area (Å²) in [5.74, 6) is -0.170. The van der Waals surface area contributed by atoms with Crippen LogP contribution in [0.15, 0.2) is 65.5 Å². The van der Waals surface area contributed by atoms with Crippen molar-refractivity contribution in [1.29, 1.82) is 0 Å². The van der Waals surface area contributed by atoms with Gasteiger partial charge in [0.25, 0.3) is 5.91 Å². The third-order valence-electron chi connectivity index (χ3n) is 3.17. The van der Waals surface area contributed by atoms with Crippen molar-refractivity contribution in [2.24, 2.45) is 0 Å². The van der Waals surface area contributed by atoms with Crippen molar-refractivity contribution in [2.75, 3.05) is 5.32 Å². The summed E-state index contributed by atoms with van der Waals surface area (Å²) in [5.41, 5.74) is 5.25. The van der Waals surface area contributed by atoms with Gasteiger partial charge in [0.15, 0.2) is 0 Å². The first kappa shape index (κ1) is 13.5. The van der Waals surface area contributed by atoms with Crippen LogP contribution >= 0.6 is 11.3 Å². The van der Waals surface area contributed by atoms with Crippen LogP contribution in [0.2, 0.25) is 0 Å². The van der Waals surface area contributed by atoms with Crippen molar-refractivity contribution in [3.8, 4) is 0 Å². The number of anilines is 1. The third kappa shape index (κ3) is 3.35. The van der Waals surface area contributed by atoms with Gasteiger partial charge in [-0.2, -0.15) is 0 Å². The molecule has 1 amide bonds. The lowest BCUT2D eigenvalue weighted by Gasteiger charge is -2.10. The number of hydrogen-bond donors (Lipinski definition) is 1. The van der Waals surface area contributed by atoms with E-state index in [0.29, 0.717) is 5.69 Å². The van der Waals surface area contributed by atoms with Crippen LogP contribution < -0.4 is 5.32 Å². The Balaban J connectivity index is 1.81. The van der Waals surface area contributed by atoms with Gasteiger partial charge >= 0.3 is 0 Å². The number of rotatable bonds is 4. The fourth-order valence-electron chi connectivity index (χ4n) is 2.12. The minimum absolute atomic E-state index is 0.170. The monoisotopic (exact) mass is 294 g/mol. The lowest BCUT2D eigenvalue weighted by molar-refractivity contribution is 0.102. The van der Waals surface area contributed by atoms with E-state index in [2.05, 4.69) is 22.4 Å². The second-order valence-corrected chi connectivity index (χ2v) is 5.37. The van der Waals surface area contributed by atoms with E-state index in [1.54, 1.807) is 10.9 Å². The molecule has 104 valence electrons. The van der Waals surface area contributed by atoms with Gasteiger partial charge in [-0.15, -0.1) is 11.3 Å². The highest BCUT2D eigenvalue weighted by Crippen LogP contribution is 2.20. The lowest BCUT2D eigenvalue weighted by atomic mass is 10.0. The van der Waals surface area contributed by atoms with Gasteiger partial charge in [-0.05, 0) is 23.6 Å². The van der Waals surface area contributed by atoms with Gasteiger partial charge in [0.1, 0.15) is 5.69 Å². The molecule has 0 saturated heterocycles. The van der Waals surface area contributed by atoms with Crippen LogP contribution in [0.5, 0.6) is 0 Å². The van der Waals surface area contributed by atoms with Crippen molar-refractivity contribution >= 4 is 22.9 Å². The van der Waals surface area contributed by atoms with E-state index in [1.807, 2.05) is 42.5 Å². The summed E-state index contributed by atoms with van der Waals surface area (Å²) in [6.07, 6.45) is 0.786. The number of para-hydroxylation sites is 1. The van der Waals surface area contributed by atoms with Crippen LogP contribution in [0.3, 0.4) is 0 Å². The zero-order chi connectivity index (χ0) is 14.5. The molecular formula is C17H14N2OS. The van der Waals surface area contributed by atoms with Crippen molar-refractivity contribution in [3.63, 3.8) is 0 Å². The summed E-state index contributed by atoms with van der Waals surface area (Å²) in [6.45, 7) is 0. The minimum Gasteiger partial charge on any atom is -0.320 e. The summed E-state index contributed by atoms with van der Waals surface area (Å²) in [7, 11) is 0. The van der Waals surface area contributed by atoms with E-state index >= 15 is 0 Å². The van der Waals surface area contributed by atoms with Gasteiger partial charge in [0, 0.05) is 11.1 Å². The van der Waals surface area contributed by atoms with E-state index in [4.69, 9.17) is 0 Å². The largest absolute Gasteiger partial charge is 0.320 e. The van der Waals surface area contributed by atoms with Crippen LogP contribution in [0, 0.1) is 0 Å². The number of nitrogens with one attached hydrogen (secondary N) is 1. The fourth-order valence-corrected chi connectivity index (χ4v) is 2.66. The Labute approximate surface area is 127 Å². The summed E-state index contributed by atoms with van der Waals surface area (Å²) in [4.78, 5) is 16.1. The number of carbonyl (C=O) groups is 1. The van der Waals surface area contributed by atoms with Crippen LogP contribution in [0.1, 0.15) is 21.6 Å². The molecule has 0 aliphatic carbocycles. The van der Waals surface area contributed by atoms with Gasteiger partial charge in [-0.25, -0.2) is 4.98 Å². The van der Waals surface area contributed by atoms with Gasteiger partial charge < -0.3 is 5.32 Å². The number of nitrogens with zero attached hydrogens (tertiary/aromatic N) is 1. The molecule has 0 unspecified atom stereocenters. The van der Waals surface area contributed by atoms with Crippen molar-refractivity contribution in [2.45, 2.75) is 6.42 Å². The highest BCUT2D eigenvalue weighted by Gasteiger charge is 2.10. The minimum atomic E-state index is -0.170. The van der Waals surface area contributed by atoms with Crippen LogP contribution in [-0.2, 0) is 6.42 Å². The molecular weight excluding hydrogens is 280 g/mol. The summed E-state index contributed by atoms with van der Waals surface area (Å²) < 4.78 is 0. The summed E-state index contributed by atoms with van der Waals surface area (Å²) in [5, 5.41) is 4.68. The van der Waals surface area contributed by atoms with Crippen molar-refractivity contribution in [3.05, 3.63) is 82.3 Å². The Morgan fingerprint density at radius 2 is 1.81 bits per heavy atom. The number of hydrogen-bond acceptors (Lipinski definition) is 3. The van der Waals surface area contributed by atoms with E-state index in [0.717, 1.165) is 17.7 Å². The zero-order valence-corrected chi connectivity index (χ0v) is 12.1. The Hall–Kier alpha value is -2.46. The van der Waals surface area contributed by atoms with E-state index in [9.17, 15) is 4.79 Å². The van der Waals surface area contributed by atoms with Crippen LogP contribution in [0.25, 0.3) is 0 Å². The number of aromatic nitrogens is 1. The zero-order valence-electron chi connectivity index (χ0n) is 11.3. The van der Waals surface area contributed by atoms with Gasteiger partial charge in [0.2, 0.25) is 0 Å². The molecule has 3 aromatic rings. The maximum atomic E-state index is 12.1. The third-order valence-corrected chi connectivity index (χ3v) is 3.75. The average Bonchev–Trinajstić information content (AvgIpc) is 3.05. The molecule has 0 atom stereocenters. The standard InChI is InChI=1S/C17H14N2OS/c20-17(16-11-21-12-18-16)19-15-9-5-4-8-14(15)10-13-6-2-1-3-7-13/h1-9,11-12H,10H2,(H,19,20). The molecule has 1 heterocycles. The molecule has 0 aliphatic rings. The number of carbonyl (C=O) groups excluding carboxylic acids is 1. The quantitative estimate of drug-likeness (QED) is 0.790. The van der Waals surface area contributed by atoms with E-state index in [1.165, 1.54) is 16.9 Å². The fraction of sp³-hybridized carbons (Fsp3) is 0.0588. The van der Waals surface area contributed by atoms with Gasteiger partial charge in [0.05, 0.1) is 5.51 Å². The molecule has 0 saturated carbocycles. The Morgan fingerprint density at radius 1 is 1.05 bits per heavy atom. The molecule has 0 fully saturated rings. The smallest absolute Gasteiger partial charge is 0.275 e. The first-order chi connectivity index (χ1) is 10.3. The number of thiazole rings is 1. The molecule has 0 radical (unpaired) electrons. The highest BCUT2D eigenvalue weighted by atomic mass is 32.1. The first-order valence-corrected chi connectivity index (χ1v) is 7.58. The molecule has 3 rings (SSSR count). The van der Waals surface area contributed by atoms with Crippen LogP contribution in [0.4, 0.5) is 5.69 Å². The SMILES string of the molecule is O=C(Nc1ccccc1Cc1ccccc1)c1cscn1. The van der Waals surface area contributed by atoms with E-state index in [-0.39, 0.29) is 5.91 Å². The first-order valence-electron chi connectivity index (χ1n) is 6.64. The van der Waals surface area contributed by atoms with Gasteiger partial charge in [-0.1, -0.05) is 48.5 Å².